The van der Waals surface area contributed by atoms with Gasteiger partial charge in [-0.2, -0.15) is 18.4 Å². The number of carbonyl (C=O) groups excluding carboxylic acids is 1. The molecule has 1 aromatic carbocycles. The number of hydrogen-bond donors (Lipinski definition) is 1. The minimum atomic E-state index is -4.51. The van der Waals surface area contributed by atoms with Gasteiger partial charge in [-0.15, -0.1) is 20.4 Å². The van der Waals surface area contributed by atoms with Gasteiger partial charge in [0.25, 0.3) is 5.66 Å². The largest absolute Gasteiger partial charge is 0.438 e. The molecule has 2 aliphatic heterocycles. The molecule has 1 amide bonds. The lowest BCUT2D eigenvalue weighted by Gasteiger charge is -2.22. The lowest BCUT2D eigenvalue weighted by atomic mass is 9.95. The van der Waals surface area contributed by atoms with Crippen molar-refractivity contribution in [3.8, 4) is 0 Å². The molecule has 27 heavy (non-hydrogen) atoms. The van der Waals surface area contributed by atoms with E-state index in [4.69, 9.17) is 0 Å². The third-order valence-corrected chi connectivity index (χ3v) is 5.04. The van der Waals surface area contributed by atoms with Crippen molar-refractivity contribution in [1.29, 1.82) is 0 Å². The molecule has 1 atom stereocenters. The van der Waals surface area contributed by atoms with Gasteiger partial charge in [-0.1, -0.05) is 29.5 Å². The number of hydrogen-bond acceptors (Lipinski definition) is 6. The second kappa shape index (κ2) is 6.39. The number of likely N-dealkylation sites (tertiary alicyclic amines) is 1. The van der Waals surface area contributed by atoms with Crippen LogP contribution in [0.15, 0.2) is 34.5 Å². The number of carbonyl (C=O) groups is 1. The minimum Gasteiger partial charge on any atom is -0.342 e. The Morgan fingerprint density at radius 2 is 2.00 bits per heavy atom. The lowest BCUT2D eigenvalue weighted by Crippen LogP contribution is -2.42. The van der Waals surface area contributed by atoms with Crippen LogP contribution in [-0.2, 0) is 17.6 Å². The number of nitrogens with one attached hydrogen (secondary N) is 1. The highest BCUT2D eigenvalue weighted by Crippen LogP contribution is 2.52. The van der Waals surface area contributed by atoms with Gasteiger partial charge in [0.2, 0.25) is 5.91 Å². The molecule has 0 radical (unpaired) electrons. The van der Waals surface area contributed by atoms with Crippen LogP contribution in [0.3, 0.4) is 0 Å². The van der Waals surface area contributed by atoms with Crippen molar-refractivity contribution in [3.63, 3.8) is 0 Å². The molecular weight excluding hydrogens is 363 g/mol. The zero-order valence-corrected chi connectivity index (χ0v) is 14.1. The van der Waals surface area contributed by atoms with Gasteiger partial charge in [-0.3, -0.25) is 4.79 Å². The average molecular weight is 379 g/mol. The van der Waals surface area contributed by atoms with Gasteiger partial charge in [-0.05, 0) is 17.5 Å². The van der Waals surface area contributed by atoms with E-state index in [-0.39, 0.29) is 31.8 Å². The first-order valence-electron chi connectivity index (χ1n) is 8.47. The molecule has 2 aliphatic rings. The number of halogens is 3. The Kier molecular flexibility index (Phi) is 4.16. The maximum atomic E-state index is 13.1. The fourth-order valence-corrected chi connectivity index (χ4v) is 3.48. The molecule has 1 aromatic heterocycles. The van der Waals surface area contributed by atoms with Crippen molar-refractivity contribution in [2.75, 3.05) is 13.1 Å². The SMILES string of the molecule is O=C(Cc1ccccc1Cc1nn[nH]n1)N1CCC(C2(C(F)(F)F)N=N2)C1. The van der Waals surface area contributed by atoms with Crippen LogP contribution in [0.2, 0.25) is 0 Å². The first kappa shape index (κ1) is 17.6. The van der Waals surface area contributed by atoms with Gasteiger partial charge in [0.15, 0.2) is 5.82 Å². The van der Waals surface area contributed by atoms with E-state index in [1.54, 1.807) is 0 Å². The Hall–Kier alpha value is -2.85. The summed E-state index contributed by atoms with van der Waals surface area (Å²) in [6, 6.07) is 7.35. The van der Waals surface area contributed by atoms with Crippen LogP contribution in [0.5, 0.6) is 0 Å². The minimum absolute atomic E-state index is 0.0123. The Morgan fingerprint density at radius 3 is 2.63 bits per heavy atom. The molecule has 0 spiro atoms. The fourth-order valence-electron chi connectivity index (χ4n) is 3.48. The number of H-pyrrole nitrogens is 1. The number of aromatic nitrogens is 4. The van der Waals surface area contributed by atoms with Crippen LogP contribution in [0, 0.1) is 5.92 Å². The lowest BCUT2D eigenvalue weighted by molar-refractivity contribution is -0.175. The van der Waals surface area contributed by atoms with E-state index >= 15 is 0 Å². The summed E-state index contributed by atoms with van der Waals surface area (Å²) in [7, 11) is 0. The van der Waals surface area contributed by atoms with Crippen molar-refractivity contribution in [3.05, 3.63) is 41.2 Å². The summed E-state index contributed by atoms with van der Waals surface area (Å²) in [5.41, 5.74) is -0.637. The summed E-state index contributed by atoms with van der Waals surface area (Å²) in [6.45, 7) is 0.289. The van der Waals surface area contributed by atoms with Gasteiger partial charge in [0.05, 0.1) is 6.42 Å². The van der Waals surface area contributed by atoms with Crippen molar-refractivity contribution < 1.29 is 18.0 Å². The van der Waals surface area contributed by atoms with E-state index in [1.165, 1.54) is 4.90 Å². The molecule has 11 heteroatoms. The summed E-state index contributed by atoms with van der Waals surface area (Å²) in [4.78, 5) is 14.1. The summed E-state index contributed by atoms with van der Waals surface area (Å²) in [6.07, 6.45) is -3.75. The number of rotatable bonds is 5. The zero-order chi connectivity index (χ0) is 19.1. The second-order valence-electron chi connectivity index (χ2n) is 6.70. The van der Waals surface area contributed by atoms with Gasteiger partial charge >= 0.3 is 6.18 Å². The average Bonchev–Trinajstić information content (AvgIpc) is 3.05. The third-order valence-electron chi connectivity index (χ3n) is 5.04. The van der Waals surface area contributed by atoms with Crippen LogP contribution in [-0.4, -0.2) is 56.4 Å². The number of tetrazole rings is 1. The van der Waals surface area contributed by atoms with Crippen LogP contribution in [0.25, 0.3) is 0 Å². The maximum Gasteiger partial charge on any atom is 0.438 e. The van der Waals surface area contributed by atoms with Crippen LogP contribution >= 0.6 is 0 Å². The highest BCUT2D eigenvalue weighted by Gasteiger charge is 2.68. The van der Waals surface area contributed by atoms with Crippen molar-refractivity contribution in [2.24, 2.45) is 16.1 Å². The van der Waals surface area contributed by atoms with Crippen LogP contribution < -0.4 is 0 Å². The highest BCUT2D eigenvalue weighted by atomic mass is 19.4. The summed E-state index contributed by atoms with van der Waals surface area (Å²) in [5, 5.41) is 20.2. The number of amides is 1. The molecule has 1 N–H and O–H groups in total. The molecule has 1 unspecified atom stereocenters. The number of benzene rings is 1. The van der Waals surface area contributed by atoms with Gasteiger partial charge in [0, 0.05) is 25.4 Å². The molecular formula is C16H16F3N7O. The highest BCUT2D eigenvalue weighted by molar-refractivity contribution is 5.79. The monoisotopic (exact) mass is 379 g/mol. The maximum absolute atomic E-state index is 13.1. The van der Waals surface area contributed by atoms with E-state index in [9.17, 15) is 18.0 Å². The van der Waals surface area contributed by atoms with Crippen molar-refractivity contribution >= 4 is 5.91 Å². The molecule has 4 rings (SSSR count). The van der Waals surface area contributed by atoms with Gasteiger partial charge in [0.1, 0.15) is 0 Å². The molecule has 3 heterocycles. The number of alkyl halides is 3. The predicted molar refractivity (Wildman–Crippen MR) is 85.5 cm³/mol. The smallest absolute Gasteiger partial charge is 0.342 e. The summed E-state index contributed by atoms with van der Waals surface area (Å²) in [5.74, 6) is -0.521. The van der Waals surface area contributed by atoms with E-state index in [0.717, 1.165) is 11.1 Å². The summed E-state index contributed by atoms with van der Waals surface area (Å²) >= 11 is 0. The Bertz CT molecular complexity index is 859. The molecule has 1 fully saturated rings. The van der Waals surface area contributed by atoms with Gasteiger partial charge < -0.3 is 4.90 Å². The first-order valence-corrected chi connectivity index (χ1v) is 8.47. The first-order chi connectivity index (χ1) is 12.9. The number of aromatic amines is 1. The van der Waals surface area contributed by atoms with E-state index in [1.807, 2.05) is 24.3 Å². The predicted octanol–water partition coefficient (Wildman–Crippen LogP) is 1.91. The van der Waals surface area contributed by atoms with E-state index in [2.05, 4.69) is 30.9 Å². The Labute approximate surface area is 151 Å². The quantitative estimate of drug-likeness (QED) is 0.858. The summed E-state index contributed by atoms with van der Waals surface area (Å²) < 4.78 is 39.4. The van der Waals surface area contributed by atoms with Crippen molar-refractivity contribution in [2.45, 2.75) is 31.1 Å². The topological polar surface area (TPSA) is 99.5 Å². The normalized spacial score (nSPS) is 20.9. The molecule has 142 valence electrons. The molecule has 1 saturated heterocycles. The van der Waals surface area contributed by atoms with Gasteiger partial charge in [-0.25, -0.2) is 0 Å². The van der Waals surface area contributed by atoms with E-state index < -0.39 is 17.8 Å². The van der Waals surface area contributed by atoms with E-state index in [0.29, 0.717) is 12.2 Å². The molecule has 0 bridgehead atoms. The zero-order valence-electron chi connectivity index (χ0n) is 14.1. The Balaban J connectivity index is 1.42. The second-order valence-corrected chi connectivity index (χ2v) is 6.70. The van der Waals surface area contributed by atoms with Crippen molar-refractivity contribution in [1.82, 2.24) is 25.5 Å². The molecule has 8 nitrogen and oxygen atoms in total. The van der Waals surface area contributed by atoms with Crippen LogP contribution in [0.1, 0.15) is 23.4 Å². The molecule has 0 saturated carbocycles. The molecule has 0 aliphatic carbocycles. The third kappa shape index (κ3) is 3.28. The fraction of sp³-hybridized carbons (Fsp3) is 0.500. The molecule has 2 aromatic rings. The standard InChI is InChI=1S/C16H16F3N7O/c17-16(18,19)15(22-23-15)12-5-6-26(9-12)14(27)8-11-4-2-1-3-10(11)7-13-20-24-25-21-13/h1-4,12H,5-9H2,(H,20,21,24,25). The number of nitrogens with zero attached hydrogens (tertiary/aromatic N) is 6. The van der Waals surface area contributed by atoms with Crippen LogP contribution in [0.4, 0.5) is 13.2 Å². The Morgan fingerprint density at radius 1 is 1.26 bits per heavy atom.